The van der Waals surface area contributed by atoms with Gasteiger partial charge in [-0.1, -0.05) is 24.3 Å². The highest BCUT2D eigenvalue weighted by atomic mass is 16.5. The number of hydrogen-bond acceptors (Lipinski definition) is 3. The number of hydrogen-bond donors (Lipinski definition) is 1. The van der Waals surface area contributed by atoms with Crippen LogP contribution in [0.25, 0.3) is 10.8 Å². The van der Waals surface area contributed by atoms with Crippen molar-refractivity contribution < 1.29 is 4.74 Å². The van der Waals surface area contributed by atoms with Gasteiger partial charge in [0, 0.05) is 36.3 Å². The Morgan fingerprint density at radius 3 is 3.00 bits per heavy atom. The molecule has 1 aliphatic heterocycles. The first-order chi connectivity index (χ1) is 8.36. The maximum Gasteiger partial charge on any atom is 0.0513 e. The lowest BCUT2D eigenvalue weighted by atomic mass is 9.91. The van der Waals surface area contributed by atoms with Gasteiger partial charge in [0.2, 0.25) is 0 Å². The summed E-state index contributed by atoms with van der Waals surface area (Å²) in [7, 11) is 0. The molecule has 0 aliphatic carbocycles. The van der Waals surface area contributed by atoms with Crippen molar-refractivity contribution in [3.63, 3.8) is 0 Å². The fourth-order valence-corrected chi connectivity index (χ4v) is 2.50. The van der Waals surface area contributed by atoms with Crippen molar-refractivity contribution in [2.24, 2.45) is 11.7 Å². The number of aromatic nitrogens is 1. The average Bonchev–Trinajstić information content (AvgIpc) is 2.91. The van der Waals surface area contributed by atoms with Crippen LogP contribution in [0.15, 0.2) is 36.7 Å². The molecule has 1 saturated heterocycles. The van der Waals surface area contributed by atoms with Crippen molar-refractivity contribution in [3.05, 3.63) is 42.2 Å². The molecule has 0 saturated carbocycles. The maximum atomic E-state index is 6.35. The SMILES string of the molecule is NC(c1cncc2ccccc12)C1CCOC1. The van der Waals surface area contributed by atoms with E-state index in [4.69, 9.17) is 10.5 Å². The quantitative estimate of drug-likeness (QED) is 0.857. The summed E-state index contributed by atoms with van der Waals surface area (Å²) >= 11 is 0. The van der Waals surface area contributed by atoms with Crippen LogP contribution in [0.4, 0.5) is 0 Å². The highest BCUT2D eigenvalue weighted by Crippen LogP contribution is 2.30. The molecule has 0 amide bonds. The Balaban J connectivity index is 2.04. The predicted molar refractivity (Wildman–Crippen MR) is 67.6 cm³/mol. The second-order valence-electron chi connectivity index (χ2n) is 4.60. The molecule has 2 heterocycles. The molecule has 3 heteroatoms. The molecule has 0 spiro atoms. The van der Waals surface area contributed by atoms with Crippen LogP contribution in [0, 0.1) is 5.92 Å². The molecule has 2 atom stereocenters. The third-order valence-corrected chi connectivity index (χ3v) is 3.53. The number of nitrogens with zero attached hydrogens (tertiary/aromatic N) is 1. The summed E-state index contributed by atoms with van der Waals surface area (Å²) in [5.74, 6) is 0.419. The standard InChI is InChI=1S/C14H16N2O/c15-14(11-5-6-17-9-11)13-8-16-7-10-3-1-2-4-12(10)13/h1-4,7-8,11,14H,5-6,9,15H2. The van der Waals surface area contributed by atoms with Gasteiger partial charge in [-0.05, 0) is 17.4 Å². The number of ether oxygens (including phenoxy) is 1. The zero-order chi connectivity index (χ0) is 11.7. The second kappa shape index (κ2) is 4.43. The Bertz CT molecular complexity index is 515. The fraction of sp³-hybridized carbons (Fsp3) is 0.357. The van der Waals surface area contributed by atoms with Gasteiger partial charge in [0.15, 0.2) is 0 Å². The second-order valence-corrected chi connectivity index (χ2v) is 4.60. The first-order valence-electron chi connectivity index (χ1n) is 6.02. The van der Waals surface area contributed by atoms with E-state index in [1.165, 1.54) is 5.39 Å². The van der Waals surface area contributed by atoms with Crippen molar-refractivity contribution in [3.8, 4) is 0 Å². The van der Waals surface area contributed by atoms with E-state index in [2.05, 4.69) is 17.1 Å². The smallest absolute Gasteiger partial charge is 0.0513 e. The topological polar surface area (TPSA) is 48.1 Å². The first kappa shape index (κ1) is 10.7. The van der Waals surface area contributed by atoms with Crippen LogP contribution in [0.3, 0.4) is 0 Å². The molecule has 3 nitrogen and oxygen atoms in total. The minimum Gasteiger partial charge on any atom is -0.381 e. The van der Waals surface area contributed by atoms with E-state index in [0.717, 1.165) is 30.6 Å². The van der Waals surface area contributed by atoms with E-state index >= 15 is 0 Å². The lowest BCUT2D eigenvalue weighted by Gasteiger charge is -2.19. The zero-order valence-electron chi connectivity index (χ0n) is 9.67. The van der Waals surface area contributed by atoms with E-state index in [1.54, 1.807) is 0 Å². The minimum atomic E-state index is 0.0242. The van der Waals surface area contributed by atoms with Crippen LogP contribution in [0.1, 0.15) is 18.0 Å². The molecule has 2 aromatic rings. The van der Waals surface area contributed by atoms with Crippen molar-refractivity contribution in [1.29, 1.82) is 0 Å². The predicted octanol–water partition coefficient (Wildman–Crippen LogP) is 2.27. The summed E-state index contributed by atoms with van der Waals surface area (Å²) in [5, 5.41) is 2.36. The molecule has 0 bridgehead atoms. The molecule has 1 aliphatic rings. The molecule has 2 N–H and O–H groups in total. The van der Waals surface area contributed by atoms with Crippen molar-refractivity contribution in [2.75, 3.05) is 13.2 Å². The Morgan fingerprint density at radius 2 is 2.18 bits per heavy atom. The molecule has 1 fully saturated rings. The molecule has 88 valence electrons. The monoisotopic (exact) mass is 228 g/mol. The maximum absolute atomic E-state index is 6.35. The molecule has 17 heavy (non-hydrogen) atoms. The van der Waals surface area contributed by atoms with E-state index in [-0.39, 0.29) is 6.04 Å². The average molecular weight is 228 g/mol. The highest BCUT2D eigenvalue weighted by molar-refractivity contribution is 5.85. The Kier molecular flexibility index (Phi) is 2.79. The first-order valence-corrected chi connectivity index (χ1v) is 6.02. The van der Waals surface area contributed by atoms with E-state index in [9.17, 15) is 0 Å². The molecule has 2 unspecified atom stereocenters. The largest absolute Gasteiger partial charge is 0.381 e. The van der Waals surface area contributed by atoms with Crippen LogP contribution in [-0.2, 0) is 4.74 Å². The van der Waals surface area contributed by atoms with Gasteiger partial charge in [-0.2, -0.15) is 0 Å². The summed E-state index contributed by atoms with van der Waals surface area (Å²) in [6.45, 7) is 1.60. The Morgan fingerprint density at radius 1 is 1.29 bits per heavy atom. The minimum absolute atomic E-state index is 0.0242. The van der Waals surface area contributed by atoms with Crippen LogP contribution in [-0.4, -0.2) is 18.2 Å². The van der Waals surface area contributed by atoms with Gasteiger partial charge in [-0.15, -0.1) is 0 Å². The molecule has 1 aromatic heterocycles. The lowest BCUT2D eigenvalue weighted by Crippen LogP contribution is -2.22. The number of benzene rings is 1. The normalized spacial score (nSPS) is 21.8. The highest BCUT2D eigenvalue weighted by Gasteiger charge is 2.25. The van der Waals surface area contributed by atoms with Gasteiger partial charge in [-0.3, -0.25) is 4.98 Å². The zero-order valence-corrected chi connectivity index (χ0v) is 9.67. The van der Waals surface area contributed by atoms with Crippen molar-refractivity contribution >= 4 is 10.8 Å². The van der Waals surface area contributed by atoms with Gasteiger partial charge >= 0.3 is 0 Å². The number of pyridine rings is 1. The van der Waals surface area contributed by atoms with E-state index < -0.39 is 0 Å². The number of rotatable bonds is 2. The summed E-state index contributed by atoms with van der Waals surface area (Å²) < 4.78 is 5.41. The van der Waals surface area contributed by atoms with Gasteiger partial charge in [0.1, 0.15) is 0 Å². The summed E-state index contributed by atoms with van der Waals surface area (Å²) in [4.78, 5) is 4.28. The lowest BCUT2D eigenvalue weighted by molar-refractivity contribution is 0.181. The fourth-order valence-electron chi connectivity index (χ4n) is 2.50. The van der Waals surface area contributed by atoms with Gasteiger partial charge in [0.05, 0.1) is 6.61 Å². The van der Waals surface area contributed by atoms with Crippen LogP contribution in [0.2, 0.25) is 0 Å². The molecular formula is C14H16N2O. The van der Waals surface area contributed by atoms with Crippen LogP contribution < -0.4 is 5.73 Å². The molecule has 0 radical (unpaired) electrons. The van der Waals surface area contributed by atoms with Crippen LogP contribution >= 0.6 is 0 Å². The van der Waals surface area contributed by atoms with E-state index in [0.29, 0.717) is 5.92 Å². The van der Waals surface area contributed by atoms with Crippen LogP contribution in [0.5, 0.6) is 0 Å². The van der Waals surface area contributed by atoms with Gasteiger partial charge < -0.3 is 10.5 Å². The number of nitrogens with two attached hydrogens (primary N) is 1. The van der Waals surface area contributed by atoms with Crippen molar-refractivity contribution in [1.82, 2.24) is 4.98 Å². The third kappa shape index (κ3) is 1.92. The van der Waals surface area contributed by atoms with Gasteiger partial charge in [-0.25, -0.2) is 0 Å². The molecule has 3 rings (SSSR count). The summed E-state index contributed by atoms with van der Waals surface area (Å²) in [6.07, 6.45) is 4.83. The van der Waals surface area contributed by atoms with Crippen molar-refractivity contribution in [2.45, 2.75) is 12.5 Å². The van der Waals surface area contributed by atoms with Gasteiger partial charge in [0.25, 0.3) is 0 Å². The third-order valence-electron chi connectivity index (χ3n) is 3.53. The molecular weight excluding hydrogens is 212 g/mol. The summed E-state index contributed by atoms with van der Waals surface area (Å²) in [5.41, 5.74) is 7.48. The number of fused-ring (bicyclic) bond motifs is 1. The Labute approximate surface area is 101 Å². The van der Waals surface area contributed by atoms with E-state index in [1.807, 2.05) is 24.5 Å². The molecule has 1 aromatic carbocycles. The summed E-state index contributed by atoms with van der Waals surface area (Å²) in [6, 6.07) is 8.28. The Hall–Kier alpha value is -1.45.